The van der Waals surface area contributed by atoms with Gasteiger partial charge >= 0.3 is 0 Å². The van der Waals surface area contributed by atoms with Crippen molar-refractivity contribution in [3.8, 4) is 0 Å². The maximum atomic E-state index is 4.83. The van der Waals surface area contributed by atoms with E-state index in [1.54, 1.807) is 0 Å². The lowest BCUT2D eigenvalue weighted by molar-refractivity contribution is -0.0667. The zero-order chi connectivity index (χ0) is 17.4. The molecule has 0 atom stereocenters. The Hall–Kier alpha value is -1.31. The largest absolute Gasteiger partial charge is 0.356 e. The molecule has 0 spiro atoms. The van der Waals surface area contributed by atoms with E-state index in [1.807, 2.05) is 18.2 Å². The predicted molar refractivity (Wildman–Crippen MR) is 116 cm³/mol. The Labute approximate surface area is 167 Å². The summed E-state index contributed by atoms with van der Waals surface area (Å²) in [6.07, 6.45) is 0.821. The fourth-order valence-electron chi connectivity index (χ4n) is 3.19. The number of nitrogens with one attached hydrogen (secondary N) is 2. The Kier molecular flexibility index (Phi) is 6.01. The number of H-pyrrole nitrogens is 1. The van der Waals surface area contributed by atoms with E-state index in [0.717, 1.165) is 48.9 Å². The van der Waals surface area contributed by atoms with Gasteiger partial charge in [0.25, 0.3) is 0 Å². The first-order chi connectivity index (χ1) is 11.3. The van der Waals surface area contributed by atoms with Gasteiger partial charge in [-0.15, -0.1) is 24.0 Å². The summed E-state index contributed by atoms with van der Waals surface area (Å²) in [6.45, 7) is 14.0. The molecule has 5 nitrogen and oxygen atoms in total. The summed E-state index contributed by atoms with van der Waals surface area (Å²) in [5.74, 6) is 2.01. The van der Waals surface area contributed by atoms with Gasteiger partial charge in [-0.3, -0.25) is 4.99 Å². The molecular formula is C19H30IN5. The summed E-state index contributed by atoms with van der Waals surface area (Å²) in [7, 11) is 0. The molecule has 0 unspecified atom stereocenters. The smallest absolute Gasteiger partial charge is 0.194 e. The average molecular weight is 455 g/mol. The second-order valence-corrected chi connectivity index (χ2v) is 7.72. The van der Waals surface area contributed by atoms with Crippen molar-refractivity contribution in [1.82, 2.24) is 20.2 Å². The maximum Gasteiger partial charge on any atom is 0.194 e. The minimum absolute atomic E-state index is 0. The van der Waals surface area contributed by atoms with Crippen molar-refractivity contribution in [3.63, 3.8) is 0 Å². The SMILES string of the molecule is CCNC(=NCCc1nc2ccccc2[nH]1)N1CC(C)(C)C1(C)C.I. The van der Waals surface area contributed by atoms with Crippen molar-refractivity contribution in [2.24, 2.45) is 10.4 Å². The normalized spacial score (nSPS) is 18.6. The van der Waals surface area contributed by atoms with E-state index >= 15 is 0 Å². The second-order valence-electron chi connectivity index (χ2n) is 7.72. The number of hydrogen-bond donors (Lipinski definition) is 2. The summed E-state index contributed by atoms with van der Waals surface area (Å²) in [6, 6.07) is 8.14. The van der Waals surface area contributed by atoms with Gasteiger partial charge in [-0.05, 0) is 32.9 Å². The molecule has 1 aromatic carbocycles. The van der Waals surface area contributed by atoms with Crippen LogP contribution in [0, 0.1) is 5.41 Å². The molecule has 2 N–H and O–H groups in total. The van der Waals surface area contributed by atoms with E-state index in [-0.39, 0.29) is 29.5 Å². The van der Waals surface area contributed by atoms with Crippen molar-refractivity contribution < 1.29 is 0 Å². The Morgan fingerprint density at radius 3 is 2.60 bits per heavy atom. The highest BCUT2D eigenvalue weighted by Gasteiger charge is 2.53. The number of halogens is 1. The molecule has 2 heterocycles. The predicted octanol–water partition coefficient (Wildman–Crippen LogP) is 3.81. The third kappa shape index (κ3) is 3.78. The number of hydrogen-bond acceptors (Lipinski definition) is 2. The summed E-state index contributed by atoms with van der Waals surface area (Å²) in [5, 5.41) is 3.44. The third-order valence-corrected chi connectivity index (χ3v) is 5.52. The second kappa shape index (κ2) is 7.51. The number of benzene rings is 1. The monoisotopic (exact) mass is 455 g/mol. The highest BCUT2D eigenvalue weighted by atomic mass is 127. The minimum Gasteiger partial charge on any atom is -0.356 e. The lowest BCUT2D eigenvalue weighted by Gasteiger charge is -2.62. The molecule has 1 aliphatic rings. The van der Waals surface area contributed by atoms with Gasteiger partial charge in [-0.1, -0.05) is 26.0 Å². The van der Waals surface area contributed by atoms with E-state index in [9.17, 15) is 0 Å². The number of para-hydroxylation sites is 2. The van der Waals surface area contributed by atoms with Crippen LogP contribution in [0.15, 0.2) is 29.3 Å². The van der Waals surface area contributed by atoms with E-state index in [4.69, 9.17) is 4.99 Å². The van der Waals surface area contributed by atoms with Crippen molar-refractivity contribution in [3.05, 3.63) is 30.1 Å². The molecule has 6 heteroatoms. The molecule has 1 saturated heterocycles. The molecule has 1 aromatic heterocycles. The molecule has 25 heavy (non-hydrogen) atoms. The van der Waals surface area contributed by atoms with Crippen LogP contribution in [0.3, 0.4) is 0 Å². The number of aromatic amines is 1. The quantitative estimate of drug-likeness (QED) is 0.419. The van der Waals surface area contributed by atoms with Crippen LogP contribution in [-0.4, -0.2) is 46.0 Å². The van der Waals surface area contributed by atoms with Crippen molar-refractivity contribution >= 4 is 41.0 Å². The lowest BCUT2D eigenvalue weighted by atomic mass is 9.65. The van der Waals surface area contributed by atoms with Crippen LogP contribution >= 0.6 is 24.0 Å². The Morgan fingerprint density at radius 2 is 2.00 bits per heavy atom. The van der Waals surface area contributed by atoms with Gasteiger partial charge < -0.3 is 15.2 Å². The number of imidazole rings is 1. The first kappa shape index (κ1) is 20.0. The summed E-state index contributed by atoms with van der Waals surface area (Å²) >= 11 is 0. The zero-order valence-electron chi connectivity index (χ0n) is 15.9. The number of guanidine groups is 1. The standard InChI is InChI=1S/C19H29N5.HI/c1-6-20-17(24-13-18(2,3)19(24,4)5)21-12-11-16-22-14-9-7-8-10-15(14)23-16;/h7-10H,6,11-13H2,1-5H3,(H,20,21)(H,22,23);1H. The fourth-order valence-corrected chi connectivity index (χ4v) is 3.19. The zero-order valence-corrected chi connectivity index (χ0v) is 18.2. The number of rotatable bonds is 4. The molecule has 0 bridgehead atoms. The van der Waals surface area contributed by atoms with Crippen LogP contribution in [0.25, 0.3) is 11.0 Å². The van der Waals surface area contributed by atoms with Crippen molar-refractivity contribution in [2.75, 3.05) is 19.6 Å². The average Bonchev–Trinajstić information content (AvgIpc) is 2.94. The fraction of sp³-hybridized carbons (Fsp3) is 0.579. The lowest BCUT2D eigenvalue weighted by Crippen LogP contribution is -2.72. The van der Waals surface area contributed by atoms with E-state index in [0.29, 0.717) is 5.41 Å². The molecule has 138 valence electrons. The molecule has 3 rings (SSSR count). The van der Waals surface area contributed by atoms with Crippen LogP contribution in [0.2, 0.25) is 0 Å². The molecule has 2 aromatic rings. The van der Waals surface area contributed by atoms with Gasteiger partial charge in [0.15, 0.2) is 5.96 Å². The van der Waals surface area contributed by atoms with Gasteiger partial charge in [0.1, 0.15) is 5.82 Å². The Bertz CT molecular complexity index is 714. The number of aliphatic imine (C=N–C) groups is 1. The highest BCUT2D eigenvalue weighted by molar-refractivity contribution is 14.0. The van der Waals surface area contributed by atoms with E-state index < -0.39 is 0 Å². The third-order valence-electron chi connectivity index (χ3n) is 5.52. The Balaban J connectivity index is 0.00000225. The number of fused-ring (bicyclic) bond motifs is 1. The highest BCUT2D eigenvalue weighted by Crippen LogP contribution is 2.46. The molecule has 0 amide bonds. The van der Waals surface area contributed by atoms with E-state index in [2.05, 4.69) is 60.9 Å². The van der Waals surface area contributed by atoms with Crippen LogP contribution < -0.4 is 5.32 Å². The summed E-state index contributed by atoms with van der Waals surface area (Å²) < 4.78 is 0. The molecule has 0 aliphatic carbocycles. The van der Waals surface area contributed by atoms with Crippen molar-refractivity contribution in [2.45, 2.75) is 46.6 Å². The summed E-state index contributed by atoms with van der Waals surface area (Å²) in [5.41, 5.74) is 2.54. The first-order valence-electron chi connectivity index (χ1n) is 8.85. The van der Waals surface area contributed by atoms with Gasteiger partial charge in [0, 0.05) is 37.0 Å². The van der Waals surface area contributed by atoms with Crippen LogP contribution in [0.1, 0.15) is 40.4 Å². The molecule has 1 fully saturated rings. The Morgan fingerprint density at radius 1 is 1.28 bits per heavy atom. The topological polar surface area (TPSA) is 56.3 Å². The summed E-state index contributed by atoms with van der Waals surface area (Å²) in [4.78, 5) is 15.2. The molecule has 1 aliphatic heterocycles. The van der Waals surface area contributed by atoms with Gasteiger partial charge in [0.2, 0.25) is 0 Å². The number of nitrogens with zero attached hydrogens (tertiary/aromatic N) is 3. The van der Waals surface area contributed by atoms with Crippen LogP contribution in [-0.2, 0) is 6.42 Å². The van der Waals surface area contributed by atoms with Crippen molar-refractivity contribution in [1.29, 1.82) is 0 Å². The van der Waals surface area contributed by atoms with E-state index in [1.165, 1.54) is 0 Å². The molecule has 0 saturated carbocycles. The number of aromatic nitrogens is 2. The van der Waals surface area contributed by atoms with Crippen LogP contribution in [0.4, 0.5) is 0 Å². The van der Waals surface area contributed by atoms with Gasteiger partial charge in [-0.25, -0.2) is 4.98 Å². The number of likely N-dealkylation sites (tertiary alicyclic amines) is 1. The minimum atomic E-state index is 0. The first-order valence-corrected chi connectivity index (χ1v) is 8.85. The van der Waals surface area contributed by atoms with Crippen LogP contribution in [0.5, 0.6) is 0 Å². The maximum absolute atomic E-state index is 4.83. The van der Waals surface area contributed by atoms with Gasteiger partial charge in [-0.2, -0.15) is 0 Å². The molecular weight excluding hydrogens is 425 g/mol. The van der Waals surface area contributed by atoms with Gasteiger partial charge in [0.05, 0.1) is 11.0 Å². The molecule has 0 radical (unpaired) electrons.